The maximum Gasteiger partial charge on any atom is 0.250 e. The minimum atomic E-state index is -0.405. The lowest BCUT2D eigenvalue weighted by Crippen LogP contribution is -2.20. The number of anilines is 2. The highest BCUT2D eigenvalue weighted by atomic mass is 35.5. The maximum absolute atomic E-state index is 13.6. The number of nitrogens with one attached hydrogen (secondary N) is 2. The van der Waals surface area contributed by atoms with Crippen LogP contribution in [-0.2, 0) is 4.79 Å². The number of benzene rings is 3. The van der Waals surface area contributed by atoms with Gasteiger partial charge in [0.05, 0.1) is 0 Å². The lowest BCUT2D eigenvalue weighted by molar-refractivity contribution is -0.111. The Morgan fingerprint density at radius 2 is 1.77 bits per heavy atom. The molecule has 0 bridgehead atoms. The summed E-state index contributed by atoms with van der Waals surface area (Å²) in [6.45, 7) is 0. The smallest absolute Gasteiger partial charge is 0.250 e. The van der Waals surface area contributed by atoms with Gasteiger partial charge in [-0.2, -0.15) is 4.98 Å². The van der Waals surface area contributed by atoms with Crippen molar-refractivity contribution in [3.8, 4) is 0 Å². The molecule has 1 atom stereocenters. The quantitative estimate of drug-likeness (QED) is 0.306. The van der Waals surface area contributed by atoms with Crippen molar-refractivity contribution in [2.24, 2.45) is 0 Å². The van der Waals surface area contributed by atoms with Gasteiger partial charge in [-0.1, -0.05) is 65.7 Å². The summed E-state index contributed by atoms with van der Waals surface area (Å²) in [5, 5.41) is 11.6. The van der Waals surface area contributed by atoms with E-state index in [0.717, 1.165) is 22.4 Å². The molecule has 0 saturated carbocycles. The van der Waals surface area contributed by atoms with Crippen LogP contribution in [0.3, 0.4) is 0 Å². The number of carbonyl (C=O) groups is 1. The number of fused-ring (bicyclic) bond motifs is 1. The van der Waals surface area contributed by atoms with Gasteiger partial charge < -0.3 is 5.32 Å². The zero-order valence-electron chi connectivity index (χ0n) is 18.1. The van der Waals surface area contributed by atoms with Crippen LogP contribution in [0, 0.1) is 5.82 Å². The van der Waals surface area contributed by atoms with Gasteiger partial charge in [0.1, 0.15) is 11.9 Å². The van der Waals surface area contributed by atoms with E-state index < -0.39 is 5.91 Å². The summed E-state index contributed by atoms with van der Waals surface area (Å²) >= 11 is 12.2. The number of hydrogen-bond donors (Lipinski definition) is 2. The van der Waals surface area contributed by atoms with Crippen molar-refractivity contribution in [2.75, 3.05) is 10.6 Å². The van der Waals surface area contributed by atoms with Crippen molar-refractivity contribution in [2.45, 2.75) is 6.04 Å². The average Bonchev–Trinajstić information content (AvgIpc) is 3.26. The van der Waals surface area contributed by atoms with Gasteiger partial charge in [-0.25, -0.2) is 9.07 Å². The minimum absolute atomic E-state index is 0.124. The van der Waals surface area contributed by atoms with Crippen LogP contribution in [0.25, 0.3) is 11.8 Å². The first kappa shape index (κ1) is 22.8. The molecular weight excluding hydrogens is 488 g/mol. The van der Waals surface area contributed by atoms with Gasteiger partial charge in [0.25, 0.3) is 11.9 Å². The van der Waals surface area contributed by atoms with Crippen LogP contribution in [0.1, 0.15) is 22.7 Å². The molecule has 2 N–H and O–H groups in total. The molecule has 0 spiro atoms. The highest BCUT2D eigenvalue weighted by molar-refractivity contribution is 6.32. The molecule has 1 aromatic heterocycles. The molecule has 0 saturated heterocycles. The van der Waals surface area contributed by atoms with E-state index in [1.54, 1.807) is 47.2 Å². The summed E-state index contributed by atoms with van der Waals surface area (Å²) < 4.78 is 15.2. The number of rotatable bonds is 5. The monoisotopic (exact) mass is 505 g/mol. The van der Waals surface area contributed by atoms with E-state index in [1.807, 2.05) is 30.3 Å². The SMILES string of the molecule is O=C(/C=C/c1ccccc1Cl)Nc1nc2n(n1)[C@H](c1ccc(F)cc1)C=C(c1ccc(Cl)cc1)N2. The number of amides is 1. The van der Waals surface area contributed by atoms with Crippen LogP contribution >= 0.6 is 23.2 Å². The Morgan fingerprint density at radius 1 is 1.03 bits per heavy atom. The van der Waals surface area contributed by atoms with Gasteiger partial charge in [-0.3, -0.25) is 10.1 Å². The third-order valence-corrected chi connectivity index (χ3v) is 5.98. The Balaban J connectivity index is 1.44. The fourth-order valence-corrected chi connectivity index (χ4v) is 3.99. The molecule has 35 heavy (non-hydrogen) atoms. The molecule has 6 nitrogen and oxygen atoms in total. The Morgan fingerprint density at radius 3 is 2.51 bits per heavy atom. The number of aromatic nitrogens is 3. The number of nitrogens with zero attached hydrogens (tertiary/aromatic N) is 3. The van der Waals surface area contributed by atoms with Gasteiger partial charge in [0.2, 0.25) is 5.95 Å². The normalized spacial score (nSPS) is 14.8. The number of hydrogen-bond acceptors (Lipinski definition) is 4. The zero-order valence-corrected chi connectivity index (χ0v) is 19.6. The van der Waals surface area contributed by atoms with Crippen molar-refractivity contribution < 1.29 is 9.18 Å². The predicted molar refractivity (Wildman–Crippen MR) is 137 cm³/mol. The van der Waals surface area contributed by atoms with E-state index in [-0.39, 0.29) is 17.8 Å². The fourth-order valence-electron chi connectivity index (χ4n) is 3.67. The third-order valence-electron chi connectivity index (χ3n) is 5.39. The Labute approximate surface area is 210 Å². The molecule has 1 aliphatic rings. The highest BCUT2D eigenvalue weighted by Crippen LogP contribution is 2.33. The Bertz CT molecular complexity index is 1450. The lowest BCUT2D eigenvalue weighted by atomic mass is 10.0. The van der Waals surface area contributed by atoms with Crippen LogP contribution in [0.4, 0.5) is 16.3 Å². The molecule has 1 amide bonds. The topological polar surface area (TPSA) is 71.8 Å². The molecule has 0 unspecified atom stereocenters. The van der Waals surface area contributed by atoms with Crippen LogP contribution in [-0.4, -0.2) is 20.7 Å². The second-order valence-corrected chi connectivity index (χ2v) is 8.60. The predicted octanol–water partition coefficient (Wildman–Crippen LogP) is 6.43. The summed E-state index contributed by atoms with van der Waals surface area (Å²) in [5.74, 6) is -0.185. The molecule has 0 aliphatic carbocycles. The van der Waals surface area contributed by atoms with Gasteiger partial charge in [-0.15, -0.1) is 5.10 Å². The first-order chi connectivity index (χ1) is 17.0. The third kappa shape index (κ3) is 5.11. The van der Waals surface area contributed by atoms with E-state index >= 15 is 0 Å². The van der Waals surface area contributed by atoms with Crippen LogP contribution < -0.4 is 10.6 Å². The summed E-state index contributed by atoms with van der Waals surface area (Å²) in [4.78, 5) is 17.0. The summed E-state index contributed by atoms with van der Waals surface area (Å²) in [7, 11) is 0. The highest BCUT2D eigenvalue weighted by Gasteiger charge is 2.25. The van der Waals surface area contributed by atoms with Gasteiger partial charge in [0.15, 0.2) is 0 Å². The van der Waals surface area contributed by atoms with Crippen molar-refractivity contribution in [3.63, 3.8) is 0 Å². The average molecular weight is 506 g/mol. The second-order valence-electron chi connectivity index (χ2n) is 7.76. The molecule has 0 fully saturated rings. The van der Waals surface area contributed by atoms with Crippen molar-refractivity contribution in [1.82, 2.24) is 14.8 Å². The zero-order chi connectivity index (χ0) is 24.4. The summed E-state index contributed by atoms with van der Waals surface area (Å²) in [6.07, 6.45) is 4.94. The lowest BCUT2D eigenvalue weighted by Gasteiger charge is -2.24. The fraction of sp³-hybridized carbons (Fsp3) is 0.0385. The van der Waals surface area contributed by atoms with Crippen molar-refractivity contribution in [1.29, 1.82) is 0 Å². The summed E-state index contributed by atoms with van der Waals surface area (Å²) in [5.41, 5.74) is 3.20. The summed E-state index contributed by atoms with van der Waals surface area (Å²) in [6, 6.07) is 20.4. The molecule has 1 aliphatic heterocycles. The molecule has 5 rings (SSSR count). The van der Waals surface area contributed by atoms with Crippen LogP contribution in [0.5, 0.6) is 0 Å². The van der Waals surface area contributed by atoms with Crippen LogP contribution in [0.2, 0.25) is 10.0 Å². The molecule has 9 heteroatoms. The second kappa shape index (κ2) is 9.74. The largest absolute Gasteiger partial charge is 0.324 e. The molecule has 4 aromatic rings. The number of halogens is 3. The van der Waals surface area contributed by atoms with Gasteiger partial charge in [0, 0.05) is 21.8 Å². The molecular formula is C26H18Cl2FN5O. The Hall–Kier alpha value is -3.94. The van der Waals surface area contributed by atoms with Crippen molar-refractivity contribution in [3.05, 3.63) is 118 Å². The van der Waals surface area contributed by atoms with Crippen LogP contribution in [0.15, 0.2) is 84.9 Å². The van der Waals surface area contributed by atoms with Gasteiger partial charge in [-0.05, 0) is 59.2 Å². The number of carbonyl (C=O) groups excluding carboxylic acids is 1. The van der Waals surface area contributed by atoms with E-state index in [2.05, 4.69) is 20.7 Å². The molecule has 2 heterocycles. The minimum Gasteiger partial charge on any atom is -0.324 e. The maximum atomic E-state index is 13.6. The standard InChI is InChI=1S/C26H18Cl2FN5O/c27-19-10-5-17(6-11-19)22-15-23(18-7-12-20(29)13-8-18)34-26(30-22)32-25(33-34)31-24(35)14-9-16-3-1-2-4-21(16)28/h1-15,23H,(H2,30,31,32,33,35)/b14-9+/t23-/m0/s1. The number of allylic oxidation sites excluding steroid dienone is 1. The molecule has 3 aromatic carbocycles. The first-order valence-corrected chi connectivity index (χ1v) is 11.4. The first-order valence-electron chi connectivity index (χ1n) is 10.7. The van der Waals surface area contributed by atoms with Crippen molar-refractivity contribution >= 4 is 52.8 Å². The van der Waals surface area contributed by atoms with E-state index in [0.29, 0.717) is 16.0 Å². The van der Waals surface area contributed by atoms with E-state index in [4.69, 9.17) is 23.2 Å². The van der Waals surface area contributed by atoms with Gasteiger partial charge >= 0.3 is 0 Å². The Kier molecular flexibility index (Phi) is 6.35. The van der Waals surface area contributed by atoms with E-state index in [9.17, 15) is 9.18 Å². The molecule has 174 valence electrons. The molecule has 0 radical (unpaired) electrons. The van der Waals surface area contributed by atoms with E-state index in [1.165, 1.54) is 18.2 Å².